The Morgan fingerprint density at radius 2 is 1.56 bits per heavy atom. The molecule has 0 fully saturated rings. The van der Waals surface area contributed by atoms with Gasteiger partial charge in [-0.25, -0.2) is 0 Å². The van der Waals surface area contributed by atoms with E-state index in [-0.39, 0.29) is 11.8 Å². The van der Waals surface area contributed by atoms with Crippen LogP contribution in [0.5, 0.6) is 5.75 Å². The maximum atomic E-state index is 13.3. The molecule has 0 aromatic heterocycles. The number of rotatable bonds is 13. The zero-order chi connectivity index (χ0) is 23.3. The minimum Gasteiger partial charge on any atom is -0.497 e. The van der Waals surface area contributed by atoms with Gasteiger partial charge < -0.3 is 15.0 Å². The van der Waals surface area contributed by atoms with Crippen LogP contribution in [-0.4, -0.2) is 36.4 Å². The molecular weight excluding hydrogens is 400 g/mol. The van der Waals surface area contributed by atoms with Crippen LogP contribution in [-0.2, 0) is 29.0 Å². The number of carbonyl (C=O) groups excluding carboxylic acids is 2. The number of nitrogens with one attached hydrogen (secondary N) is 1. The second-order valence-electron chi connectivity index (χ2n) is 8.11. The van der Waals surface area contributed by atoms with Gasteiger partial charge in [-0.15, -0.1) is 0 Å². The molecule has 2 rings (SSSR count). The van der Waals surface area contributed by atoms with E-state index in [4.69, 9.17) is 4.74 Å². The molecule has 0 saturated carbocycles. The van der Waals surface area contributed by atoms with Crippen LogP contribution in [0.25, 0.3) is 0 Å². The lowest BCUT2D eigenvalue weighted by molar-refractivity contribution is -0.141. The maximum absolute atomic E-state index is 13.3. The van der Waals surface area contributed by atoms with Crippen LogP contribution in [0, 0.1) is 0 Å². The molecule has 2 aromatic carbocycles. The molecule has 0 aliphatic carbocycles. The fraction of sp³-hybridized carbons (Fsp3) is 0.481. The van der Waals surface area contributed by atoms with Crippen LogP contribution in [0.3, 0.4) is 0 Å². The largest absolute Gasteiger partial charge is 0.497 e. The van der Waals surface area contributed by atoms with E-state index in [9.17, 15) is 9.59 Å². The van der Waals surface area contributed by atoms with Crippen molar-refractivity contribution in [1.82, 2.24) is 10.2 Å². The quantitative estimate of drug-likeness (QED) is 0.452. The average Bonchev–Trinajstić information content (AvgIpc) is 2.83. The van der Waals surface area contributed by atoms with Gasteiger partial charge in [0.15, 0.2) is 0 Å². The van der Waals surface area contributed by atoms with Gasteiger partial charge in [0.25, 0.3) is 0 Å². The molecule has 0 saturated heterocycles. The van der Waals surface area contributed by atoms with Crippen LogP contribution >= 0.6 is 0 Å². The number of hydrogen-bond acceptors (Lipinski definition) is 3. The Balaban J connectivity index is 2.15. The van der Waals surface area contributed by atoms with Crippen molar-refractivity contribution in [2.24, 2.45) is 0 Å². The van der Waals surface area contributed by atoms with E-state index in [1.54, 1.807) is 12.0 Å². The van der Waals surface area contributed by atoms with Crippen molar-refractivity contribution < 1.29 is 14.3 Å². The van der Waals surface area contributed by atoms with Gasteiger partial charge in [0, 0.05) is 19.5 Å². The SMILES string of the molecule is CCCCNC(=O)[C@@H](CC)N(Cc1ccc(OC)cc1)C(=O)CCc1ccc(CC)cc1. The molecule has 174 valence electrons. The number of amides is 2. The van der Waals surface area contributed by atoms with Gasteiger partial charge in [0.1, 0.15) is 11.8 Å². The summed E-state index contributed by atoms with van der Waals surface area (Å²) in [5, 5.41) is 3.01. The highest BCUT2D eigenvalue weighted by molar-refractivity contribution is 5.87. The highest BCUT2D eigenvalue weighted by Gasteiger charge is 2.28. The van der Waals surface area contributed by atoms with Crippen molar-refractivity contribution in [3.63, 3.8) is 0 Å². The second-order valence-corrected chi connectivity index (χ2v) is 8.11. The topological polar surface area (TPSA) is 58.6 Å². The summed E-state index contributed by atoms with van der Waals surface area (Å²) in [6.45, 7) is 7.22. The average molecular weight is 439 g/mol. The Kier molecular flexibility index (Phi) is 10.8. The minimum atomic E-state index is -0.482. The van der Waals surface area contributed by atoms with Crippen LogP contribution in [0.4, 0.5) is 0 Å². The van der Waals surface area contributed by atoms with Crippen LogP contribution in [0.1, 0.15) is 63.1 Å². The Bertz CT molecular complexity index is 831. The van der Waals surface area contributed by atoms with Gasteiger partial charge in [-0.05, 0) is 54.5 Å². The van der Waals surface area contributed by atoms with Crippen molar-refractivity contribution in [2.75, 3.05) is 13.7 Å². The van der Waals surface area contributed by atoms with Gasteiger partial charge >= 0.3 is 0 Å². The van der Waals surface area contributed by atoms with Crippen LogP contribution in [0.15, 0.2) is 48.5 Å². The van der Waals surface area contributed by atoms with E-state index in [0.29, 0.717) is 32.4 Å². The first kappa shape index (κ1) is 25.4. The van der Waals surface area contributed by atoms with Gasteiger partial charge in [-0.2, -0.15) is 0 Å². The highest BCUT2D eigenvalue weighted by atomic mass is 16.5. The number of hydrogen-bond donors (Lipinski definition) is 1. The first-order valence-electron chi connectivity index (χ1n) is 11.8. The van der Waals surface area contributed by atoms with Crippen molar-refractivity contribution in [3.8, 4) is 5.75 Å². The van der Waals surface area contributed by atoms with Crippen LogP contribution < -0.4 is 10.1 Å². The predicted octanol–water partition coefficient (Wildman–Crippen LogP) is 4.91. The molecule has 1 atom stereocenters. The lowest BCUT2D eigenvalue weighted by atomic mass is 10.0. The van der Waals surface area contributed by atoms with E-state index < -0.39 is 6.04 Å². The number of carbonyl (C=O) groups is 2. The third-order valence-electron chi connectivity index (χ3n) is 5.79. The number of unbranched alkanes of at least 4 members (excludes halogenated alkanes) is 1. The number of aryl methyl sites for hydroxylation is 2. The molecular formula is C27H38N2O3. The summed E-state index contributed by atoms with van der Waals surface area (Å²) in [6.07, 6.45) is 4.56. The molecule has 0 heterocycles. The van der Waals surface area contributed by atoms with E-state index in [1.165, 1.54) is 5.56 Å². The number of ether oxygens (including phenoxy) is 1. The monoisotopic (exact) mass is 438 g/mol. The van der Waals surface area contributed by atoms with Crippen LogP contribution in [0.2, 0.25) is 0 Å². The molecule has 5 nitrogen and oxygen atoms in total. The van der Waals surface area contributed by atoms with E-state index in [2.05, 4.69) is 43.4 Å². The van der Waals surface area contributed by atoms with Crippen molar-refractivity contribution >= 4 is 11.8 Å². The summed E-state index contributed by atoms with van der Waals surface area (Å²) in [7, 11) is 1.63. The Labute approximate surface area is 193 Å². The van der Waals surface area contributed by atoms with E-state index in [0.717, 1.165) is 36.1 Å². The first-order chi connectivity index (χ1) is 15.5. The molecule has 2 aromatic rings. The summed E-state index contributed by atoms with van der Waals surface area (Å²) >= 11 is 0. The van der Waals surface area contributed by atoms with Gasteiger partial charge in [-0.1, -0.05) is 63.6 Å². The van der Waals surface area contributed by atoms with Crippen molar-refractivity contribution in [1.29, 1.82) is 0 Å². The van der Waals surface area contributed by atoms with Crippen molar-refractivity contribution in [3.05, 3.63) is 65.2 Å². The molecule has 32 heavy (non-hydrogen) atoms. The molecule has 0 spiro atoms. The summed E-state index contributed by atoms with van der Waals surface area (Å²) in [5.74, 6) is 0.694. The number of nitrogens with zero attached hydrogens (tertiary/aromatic N) is 1. The van der Waals surface area contributed by atoms with E-state index >= 15 is 0 Å². The maximum Gasteiger partial charge on any atom is 0.242 e. The molecule has 2 amide bonds. The Morgan fingerprint density at radius 1 is 0.938 bits per heavy atom. The fourth-order valence-electron chi connectivity index (χ4n) is 3.69. The molecule has 0 radical (unpaired) electrons. The molecule has 0 aliphatic rings. The molecule has 1 N–H and O–H groups in total. The highest BCUT2D eigenvalue weighted by Crippen LogP contribution is 2.18. The van der Waals surface area contributed by atoms with Gasteiger partial charge in [0.05, 0.1) is 7.11 Å². The molecule has 5 heteroatoms. The normalized spacial score (nSPS) is 11.6. The zero-order valence-electron chi connectivity index (χ0n) is 20.0. The lowest BCUT2D eigenvalue weighted by Crippen LogP contribution is -2.49. The standard InChI is InChI=1S/C27H38N2O3/c1-5-8-19-28-27(31)25(7-3)29(20-23-13-16-24(32-4)17-14-23)26(30)18-15-22-11-9-21(6-2)10-12-22/h9-14,16-17,25H,5-8,15,18-20H2,1-4H3,(H,28,31)/t25-/m1/s1. The third-order valence-corrected chi connectivity index (χ3v) is 5.79. The van der Waals surface area contributed by atoms with E-state index in [1.807, 2.05) is 31.2 Å². The molecule has 0 unspecified atom stereocenters. The summed E-state index contributed by atoms with van der Waals surface area (Å²) in [6, 6.07) is 15.6. The lowest BCUT2D eigenvalue weighted by Gasteiger charge is -2.31. The molecule has 0 aliphatic heterocycles. The summed E-state index contributed by atoms with van der Waals surface area (Å²) in [5.41, 5.74) is 3.41. The Morgan fingerprint density at radius 3 is 2.12 bits per heavy atom. The predicted molar refractivity (Wildman–Crippen MR) is 130 cm³/mol. The molecule has 0 bridgehead atoms. The Hall–Kier alpha value is -2.82. The van der Waals surface area contributed by atoms with Gasteiger partial charge in [-0.3, -0.25) is 9.59 Å². The number of benzene rings is 2. The van der Waals surface area contributed by atoms with Crippen molar-refractivity contribution in [2.45, 2.75) is 71.9 Å². The smallest absolute Gasteiger partial charge is 0.242 e. The fourth-order valence-corrected chi connectivity index (χ4v) is 3.69. The third kappa shape index (κ3) is 7.70. The van der Waals surface area contributed by atoms with Gasteiger partial charge in [0.2, 0.25) is 11.8 Å². The number of methoxy groups -OCH3 is 1. The zero-order valence-corrected chi connectivity index (χ0v) is 20.0. The minimum absolute atomic E-state index is 0.00197. The summed E-state index contributed by atoms with van der Waals surface area (Å²) < 4.78 is 5.24. The summed E-state index contributed by atoms with van der Waals surface area (Å²) in [4.78, 5) is 28.0. The first-order valence-corrected chi connectivity index (χ1v) is 11.8. The second kappa shape index (κ2) is 13.6.